The number of hydrogen-bond donors (Lipinski definition) is 0. The zero-order chi connectivity index (χ0) is 16.0. The number of esters is 1. The standard InChI is InChI=1S/C17H21NO4/c1-3-5-8-17(4-2)15(19)10-14(22-17)16(20)21-12-13-7-6-9-18-11-13/h6-7,9-11H,3-5,8,12H2,1-2H3. The first-order valence-electron chi connectivity index (χ1n) is 7.62. The summed E-state index contributed by atoms with van der Waals surface area (Å²) in [7, 11) is 0. The van der Waals surface area contributed by atoms with Crippen LogP contribution in [0.3, 0.4) is 0 Å². The van der Waals surface area contributed by atoms with E-state index >= 15 is 0 Å². The normalized spacial score (nSPS) is 20.5. The van der Waals surface area contributed by atoms with Gasteiger partial charge < -0.3 is 9.47 Å². The summed E-state index contributed by atoms with van der Waals surface area (Å²) in [5.74, 6) is -0.743. The minimum Gasteiger partial charge on any atom is -0.472 e. The molecule has 0 amide bonds. The van der Waals surface area contributed by atoms with Gasteiger partial charge >= 0.3 is 5.97 Å². The predicted octanol–water partition coefficient (Wildman–Crippen LogP) is 2.95. The molecule has 1 atom stereocenters. The maximum atomic E-state index is 12.2. The second-order valence-electron chi connectivity index (χ2n) is 5.36. The third-order valence-electron chi connectivity index (χ3n) is 3.82. The number of nitrogens with zero attached hydrogens (tertiary/aromatic N) is 1. The Balaban J connectivity index is 1.96. The van der Waals surface area contributed by atoms with Gasteiger partial charge in [0.1, 0.15) is 6.61 Å². The molecule has 0 bridgehead atoms. The molecule has 1 aliphatic heterocycles. The number of carbonyl (C=O) groups excluding carboxylic acids is 2. The topological polar surface area (TPSA) is 65.5 Å². The molecule has 0 fully saturated rings. The summed E-state index contributed by atoms with van der Waals surface area (Å²) in [5.41, 5.74) is -0.105. The second kappa shape index (κ2) is 7.20. The lowest BCUT2D eigenvalue weighted by atomic mass is 9.90. The Morgan fingerprint density at radius 3 is 2.86 bits per heavy atom. The van der Waals surface area contributed by atoms with Gasteiger partial charge in [0.2, 0.25) is 11.5 Å². The number of unbranched alkanes of at least 4 members (excludes halogenated alkanes) is 1. The lowest BCUT2D eigenvalue weighted by Crippen LogP contribution is -2.36. The Kier molecular flexibility index (Phi) is 5.31. The van der Waals surface area contributed by atoms with Crippen molar-refractivity contribution in [2.45, 2.75) is 51.7 Å². The Hall–Kier alpha value is -2.17. The van der Waals surface area contributed by atoms with E-state index in [1.807, 2.05) is 13.0 Å². The molecule has 0 aliphatic carbocycles. The summed E-state index contributed by atoms with van der Waals surface area (Å²) >= 11 is 0. The molecule has 22 heavy (non-hydrogen) atoms. The SMILES string of the molecule is CCCCC1(CC)OC(C(=O)OCc2cccnc2)=CC1=O. The van der Waals surface area contributed by atoms with Crippen molar-refractivity contribution in [2.24, 2.45) is 0 Å². The monoisotopic (exact) mass is 303 g/mol. The third kappa shape index (κ3) is 3.53. The van der Waals surface area contributed by atoms with Crippen molar-refractivity contribution in [3.05, 3.63) is 41.9 Å². The molecule has 5 heteroatoms. The van der Waals surface area contributed by atoms with Crippen LogP contribution in [0.5, 0.6) is 0 Å². The van der Waals surface area contributed by atoms with Crippen molar-refractivity contribution in [1.29, 1.82) is 0 Å². The highest BCUT2D eigenvalue weighted by molar-refractivity contribution is 6.05. The minimum absolute atomic E-state index is 0.00634. The van der Waals surface area contributed by atoms with Gasteiger partial charge in [-0.25, -0.2) is 4.79 Å². The van der Waals surface area contributed by atoms with Crippen molar-refractivity contribution >= 4 is 11.8 Å². The Bertz CT molecular complexity index is 567. The average molecular weight is 303 g/mol. The summed E-state index contributed by atoms with van der Waals surface area (Å²) in [6, 6.07) is 3.58. The molecule has 1 aromatic heterocycles. The first-order chi connectivity index (χ1) is 10.6. The fourth-order valence-electron chi connectivity index (χ4n) is 2.40. The highest BCUT2D eigenvalue weighted by Gasteiger charge is 2.44. The van der Waals surface area contributed by atoms with Gasteiger partial charge in [-0.2, -0.15) is 0 Å². The molecule has 1 unspecified atom stereocenters. The van der Waals surface area contributed by atoms with E-state index in [1.54, 1.807) is 18.5 Å². The fraction of sp³-hybridized carbons (Fsp3) is 0.471. The van der Waals surface area contributed by atoms with Crippen LogP contribution in [0.4, 0.5) is 0 Å². The van der Waals surface area contributed by atoms with E-state index in [2.05, 4.69) is 11.9 Å². The van der Waals surface area contributed by atoms with Crippen LogP contribution in [-0.2, 0) is 25.7 Å². The van der Waals surface area contributed by atoms with E-state index < -0.39 is 11.6 Å². The van der Waals surface area contributed by atoms with Gasteiger partial charge in [0.05, 0.1) is 0 Å². The second-order valence-corrected chi connectivity index (χ2v) is 5.36. The summed E-state index contributed by atoms with van der Waals surface area (Å²) < 4.78 is 10.9. The van der Waals surface area contributed by atoms with Crippen LogP contribution in [0.2, 0.25) is 0 Å². The molecular weight excluding hydrogens is 282 g/mol. The average Bonchev–Trinajstić information content (AvgIpc) is 2.89. The molecule has 1 aromatic rings. The van der Waals surface area contributed by atoms with Crippen LogP contribution in [-0.4, -0.2) is 22.3 Å². The van der Waals surface area contributed by atoms with E-state index in [1.165, 1.54) is 6.08 Å². The van der Waals surface area contributed by atoms with Crippen LogP contribution in [0, 0.1) is 0 Å². The maximum Gasteiger partial charge on any atom is 0.374 e. The first kappa shape index (κ1) is 16.2. The lowest BCUT2D eigenvalue weighted by Gasteiger charge is -2.26. The molecule has 2 rings (SSSR count). The molecule has 2 heterocycles. The Morgan fingerprint density at radius 2 is 2.23 bits per heavy atom. The van der Waals surface area contributed by atoms with E-state index in [0.29, 0.717) is 12.8 Å². The van der Waals surface area contributed by atoms with E-state index in [-0.39, 0.29) is 18.1 Å². The van der Waals surface area contributed by atoms with Crippen LogP contribution in [0.15, 0.2) is 36.4 Å². The van der Waals surface area contributed by atoms with Gasteiger partial charge in [0.15, 0.2) is 5.60 Å². The van der Waals surface area contributed by atoms with Gasteiger partial charge in [0, 0.05) is 24.0 Å². The number of rotatable bonds is 7. The largest absolute Gasteiger partial charge is 0.472 e. The first-order valence-corrected chi connectivity index (χ1v) is 7.62. The van der Waals surface area contributed by atoms with E-state index in [9.17, 15) is 9.59 Å². The van der Waals surface area contributed by atoms with Crippen molar-refractivity contribution in [1.82, 2.24) is 4.98 Å². The number of pyridine rings is 1. The minimum atomic E-state index is -0.890. The van der Waals surface area contributed by atoms with Gasteiger partial charge in [-0.1, -0.05) is 26.3 Å². The van der Waals surface area contributed by atoms with E-state index in [4.69, 9.17) is 9.47 Å². The summed E-state index contributed by atoms with van der Waals surface area (Å²) in [6.07, 6.45) is 7.56. The third-order valence-corrected chi connectivity index (χ3v) is 3.82. The van der Waals surface area contributed by atoms with Crippen molar-refractivity contribution in [3.8, 4) is 0 Å². The zero-order valence-corrected chi connectivity index (χ0v) is 13.0. The molecule has 0 N–H and O–H groups in total. The molecule has 0 saturated carbocycles. The van der Waals surface area contributed by atoms with Crippen LogP contribution < -0.4 is 0 Å². The van der Waals surface area contributed by atoms with Crippen LogP contribution in [0.1, 0.15) is 45.1 Å². The molecular formula is C17H21NO4. The maximum absolute atomic E-state index is 12.2. The molecule has 0 radical (unpaired) electrons. The zero-order valence-electron chi connectivity index (χ0n) is 13.0. The van der Waals surface area contributed by atoms with Crippen LogP contribution >= 0.6 is 0 Å². The summed E-state index contributed by atoms with van der Waals surface area (Å²) in [4.78, 5) is 28.2. The Labute approximate surface area is 130 Å². The number of ether oxygens (including phenoxy) is 2. The predicted molar refractivity (Wildman–Crippen MR) is 80.8 cm³/mol. The fourth-order valence-corrected chi connectivity index (χ4v) is 2.40. The van der Waals surface area contributed by atoms with Crippen molar-refractivity contribution in [2.75, 3.05) is 0 Å². The molecule has 0 spiro atoms. The number of carbonyl (C=O) groups is 2. The highest BCUT2D eigenvalue weighted by atomic mass is 16.6. The van der Waals surface area contributed by atoms with Gasteiger partial charge in [-0.15, -0.1) is 0 Å². The highest BCUT2D eigenvalue weighted by Crippen LogP contribution is 2.33. The smallest absolute Gasteiger partial charge is 0.374 e. The molecule has 5 nitrogen and oxygen atoms in total. The van der Waals surface area contributed by atoms with Crippen LogP contribution in [0.25, 0.3) is 0 Å². The molecule has 118 valence electrons. The van der Waals surface area contributed by atoms with Crippen molar-refractivity contribution in [3.63, 3.8) is 0 Å². The van der Waals surface area contributed by atoms with E-state index in [0.717, 1.165) is 18.4 Å². The van der Waals surface area contributed by atoms with Crippen molar-refractivity contribution < 1.29 is 19.1 Å². The lowest BCUT2D eigenvalue weighted by molar-refractivity contribution is -0.148. The summed E-state index contributed by atoms with van der Waals surface area (Å²) in [6.45, 7) is 4.06. The van der Waals surface area contributed by atoms with Gasteiger partial charge in [-0.3, -0.25) is 9.78 Å². The number of hydrogen-bond acceptors (Lipinski definition) is 5. The molecule has 0 aromatic carbocycles. The Morgan fingerprint density at radius 1 is 1.41 bits per heavy atom. The van der Waals surface area contributed by atoms with Gasteiger partial charge in [0.25, 0.3) is 0 Å². The quantitative estimate of drug-likeness (QED) is 0.725. The van der Waals surface area contributed by atoms with Gasteiger partial charge in [-0.05, 0) is 25.3 Å². The summed E-state index contributed by atoms with van der Waals surface area (Å²) in [5, 5.41) is 0. The molecule has 0 saturated heterocycles. The number of aromatic nitrogens is 1. The molecule has 1 aliphatic rings. The number of ketones is 1.